The average Bonchev–Trinajstić information content (AvgIpc) is 2.46. The zero-order valence-electron chi connectivity index (χ0n) is 10.5. The lowest BCUT2D eigenvalue weighted by molar-refractivity contribution is 0.0916. The molecular weight excluding hydrogens is 280 g/mol. The fraction of sp³-hybridized carbons (Fsp3) is 0.143. The van der Waals surface area contributed by atoms with Crippen LogP contribution in [0.2, 0.25) is 5.02 Å². The Hall–Kier alpha value is -2.11. The molecule has 0 aliphatic carbocycles. The number of aromatic nitrogens is 1. The molecule has 104 valence electrons. The van der Waals surface area contributed by atoms with Gasteiger partial charge in [-0.3, -0.25) is 9.59 Å². The lowest BCUT2D eigenvalue weighted by Gasteiger charge is -2.16. The van der Waals surface area contributed by atoms with Crippen molar-refractivity contribution in [2.75, 3.05) is 6.61 Å². The maximum atomic E-state index is 12.0. The van der Waals surface area contributed by atoms with Crippen molar-refractivity contribution in [1.82, 2.24) is 10.3 Å². The van der Waals surface area contributed by atoms with Crippen molar-refractivity contribution in [3.05, 3.63) is 69.1 Å². The van der Waals surface area contributed by atoms with E-state index in [4.69, 9.17) is 11.6 Å². The van der Waals surface area contributed by atoms with Crippen LogP contribution in [0.1, 0.15) is 22.0 Å². The number of halogens is 1. The molecule has 0 aliphatic heterocycles. The molecule has 1 aromatic carbocycles. The van der Waals surface area contributed by atoms with Gasteiger partial charge in [-0.25, -0.2) is 0 Å². The maximum absolute atomic E-state index is 12.0. The number of hydrogen-bond donors (Lipinski definition) is 3. The van der Waals surface area contributed by atoms with E-state index in [1.54, 1.807) is 24.3 Å². The first-order chi connectivity index (χ1) is 9.60. The molecule has 1 amide bonds. The number of pyridine rings is 1. The number of nitrogens with one attached hydrogen (secondary N) is 2. The Bertz CT molecular complexity index is 632. The van der Waals surface area contributed by atoms with Gasteiger partial charge >= 0.3 is 0 Å². The molecule has 0 saturated carbocycles. The Morgan fingerprint density at radius 2 is 1.95 bits per heavy atom. The van der Waals surface area contributed by atoms with Crippen LogP contribution < -0.4 is 10.9 Å². The third-order valence-corrected chi connectivity index (χ3v) is 3.06. The van der Waals surface area contributed by atoms with Crippen molar-refractivity contribution >= 4 is 17.5 Å². The smallest absolute Gasteiger partial charge is 0.253 e. The summed E-state index contributed by atoms with van der Waals surface area (Å²) in [4.78, 5) is 25.4. The van der Waals surface area contributed by atoms with E-state index < -0.39 is 6.04 Å². The number of aliphatic hydroxyl groups is 1. The van der Waals surface area contributed by atoms with Crippen LogP contribution in [0.25, 0.3) is 0 Å². The van der Waals surface area contributed by atoms with E-state index in [0.717, 1.165) is 5.56 Å². The molecule has 1 unspecified atom stereocenters. The van der Waals surface area contributed by atoms with Gasteiger partial charge in [-0.05, 0) is 23.8 Å². The molecule has 0 radical (unpaired) electrons. The highest BCUT2D eigenvalue weighted by molar-refractivity contribution is 6.30. The van der Waals surface area contributed by atoms with Crippen molar-refractivity contribution in [2.45, 2.75) is 6.04 Å². The zero-order valence-corrected chi connectivity index (χ0v) is 11.2. The molecule has 6 heteroatoms. The van der Waals surface area contributed by atoms with Gasteiger partial charge in [-0.15, -0.1) is 0 Å². The van der Waals surface area contributed by atoms with E-state index >= 15 is 0 Å². The summed E-state index contributed by atoms with van der Waals surface area (Å²) < 4.78 is 0. The van der Waals surface area contributed by atoms with Crippen molar-refractivity contribution in [3.63, 3.8) is 0 Å². The number of carbonyl (C=O) groups excluding carboxylic acids is 1. The van der Waals surface area contributed by atoms with E-state index in [1.807, 2.05) is 0 Å². The number of H-pyrrole nitrogens is 1. The summed E-state index contributed by atoms with van der Waals surface area (Å²) in [6.07, 6.45) is 1.33. The second-order valence-corrected chi connectivity index (χ2v) is 4.64. The molecule has 0 bridgehead atoms. The predicted octanol–water partition coefficient (Wildman–Crippen LogP) is 1.49. The highest BCUT2D eigenvalue weighted by Crippen LogP contribution is 2.16. The van der Waals surface area contributed by atoms with E-state index in [1.165, 1.54) is 18.3 Å². The number of carbonyl (C=O) groups is 1. The van der Waals surface area contributed by atoms with Gasteiger partial charge < -0.3 is 15.4 Å². The highest BCUT2D eigenvalue weighted by Gasteiger charge is 2.14. The number of rotatable bonds is 4. The molecule has 0 aliphatic rings. The standard InChI is InChI=1S/C14H13ClN2O3/c15-11-4-1-9(2-5-11)12(8-18)17-14(20)10-3-6-13(19)16-7-10/h1-7,12,18H,8H2,(H,16,19)(H,17,20). The number of aromatic amines is 1. The first-order valence-corrected chi connectivity index (χ1v) is 6.34. The van der Waals surface area contributed by atoms with Crippen molar-refractivity contribution in [3.8, 4) is 0 Å². The summed E-state index contributed by atoms with van der Waals surface area (Å²) in [5.41, 5.74) is 0.782. The van der Waals surface area contributed by atoms with Gasteiger partial charge in [0.05, 0.1) is 18.2 Å². The molecule has 0 fully saturated rings. The molecule has 5 nitrogen and oxygen atoms in total. The predicted molar refractivity (Wildman–Crippen MR) is 75.8 cm³/mol. The van der Waals surface area contributed by atoms with Crippen LogP contribution in [0.5, 0.6) is 0 Å². The molecule has 20 heavy (non-hydrogen) atoms. The second-order valence-electron chi connectivity index (χ2n) is 4.20. The molecule has 1 atom stereocenters. The molecular formula is C14H13ClN2O3. The summed E-state index contributed by atoms with van der Waals surface area (Å²) in [5, 5.41) is 12.6. The third-order valence-electron chi connectivity index (χ3n) is 2.81. The van der Waals surface area contributed by atoms with Crippen LogP contribution in [0.15, 0.2) is 47.4 Å². The summed E-state index contributed by atoms with van der Waals surface area (Å²) in [5.74, 6) is -0.379. The van der Waals surface area contributed by atoms with E-state index in [2.05, 4.69) is 10.3 Å². The molecule has 0 spiro atoms. The molecule has 1 aromatic heterocycles. The van der Waals surface area contributed by atoms with Gasteiger partial charge in [-0.2, -0.15) is 0 Å². The van der Waals surface area contributed by atoms with Crippen molar-refractivity contribution < 1.29 is 9.90 Å². The Labute approximate surface area is 120 Å². The maximum Gasteiger partial charge on any atom is 0.253 e. The monoisotopic (exact) mass is 292 g/mol. The number of amides is 1. The van der Waals surface area contributed by atoms with Gasteiger partial charge in [-0.1, -0.05) is 23.7 Å². The summed E-state index contributed by atoms with van der Waals surface area (Å²) in [6, 6.07) is 8.99. The van der Waals surface area contributed by atoms with Gasteiger partial charge in [0.15, 0.2) is 0 Å². The van der Waals surface area contributed by atoms with Gasteiger partial charge in [0.25, 0.3) is 5.91 Å². The molecule has 2 rings (SSSR count). The first kappa shape index (κ1) is 14.3. The van der Waals surface area contributed by atoms with Crippen molar-refractivity contribution in [2.24, 2.45) is 0 Å². The minimum atomic E-state index is -0.535. The molecule has 3 N–H and O–H groups in total. The Morgan fingerprint density at radius 1 is 1.25 bits per heavy atom. The summed E-state index contributed by atoms with van der Waals surface area (Å²) in [6.45, 7) is -0.239. The minimum Gasteiger partial charge on any atom is -0.394 e. The molecule has 2 aromatic rings. The normalized spacial score (nSPS) is 11.9. The average molecular weight is 293 g/mol. The SMILES string of the molecule is O=C(NC(CO)c1ccc(Cl)cc1)c1ccc(=O)[nH]c1. The highest BCUT2D eigenvalue weighted by atomic mass is 35.5. The first-order valence-electron chi connectivity index (χ1n) is 5.96. The van der Waals surface area contributed by atoms with Gasteiger partial charge in [0.2, 0.25) is 5.56 Å². The Kier molecular flexibility index (Phi) is 4.55. The Morgan fingerprint density at radius 3 is 2.50 bits per heavy atom. The van der Waals surface area contributed by atoms with Crippen LogP contribution in [-0.4, -0.2) is 22.6 Å². The van der Waals surface area contributed by atoms with Crippen LogP contribution in [0.4, 0.5) is 0 Å². The number of aliphatic hydroxyl groups excluding tert-OH is 1. The van der Waals surface area contributed by atoms with Crippen LogP contribution in [0.3, 0.4) is 0 Å². The van der Waals surface area contributed by atoms with Crippen molar-refractivity contribution in [1.29, 1.82) is 0 Å². The quantitative estimate of drug-likeness (QED) is 0.798. The van der Waals surface area contributed by atoms with Crippen LogP contribution >= 0.6 is 11.6 Å². The number of benzene rings is 1. The van der Waals surface area contributed by atoms with Crippen LogP contribution in [-0.2, 0) is 0 Å². The van der Waals surface area contributed by atoms with E-state index in [0.29, 0.717) is 10.6 Å². The minimum absolute atomic E-state index is 0.239. The summed E-state index contributed by atoms with van der Waals surface area (Å²) in [7, 11) is 0. The third kappa shape index (κ3) is 3.46. The van der Waals surface area contributed by atoms with Crippen LogP contribution in [0, 0.1) is 0 Å². The molecule has 1 heterocycles. The van der Waals surface area contributed by atoms with Gasteiger partial charge in [0, 0.05) is 17.3 Å². The van der Waals surface area contributed by atoms with Gasteiger partial charge in [0.1, 0.15) is 0 Å². The molecule has 0 saturated heterocycles. The second kappa shape index (κ2) is 6.36. The summed E-state index contributed by atoms with van der Waals surface area (Å²) >= 11 is 5.79. The topological polar surface area (TPSA) is 82.2 Å². The van der Waals surface area contributed by atoms with E-state index in [9.17, 15) is 14.7 Å². The van der Waals surface area contributed by atoms with E-state index in [-0.39, 0.29) is 18.1 Å². The lowest BCUT2D eigenvalue weighted by atomic mass is 10.1. The fourth-order valence-corrected chi connectivity index (χ4v) is 1.85. The zero-order chi connectivity index (χ0) is 14.5. The lowest BCUT2D eigenvalue weighted by Crippen LogP contribution is -2.31. The largest absolute Gasteiger partial charge is 0.394 e. The fourth-order valence-electron chi connectivity index (χ4n) is 1.72. The Balaban J connectivity index is 2.13. The number of hydrogen-bond acceptors (Lipinski definition) is 3.